The number of hydrogen-bond acceptors (Lipinski definition) is 3. The number of hydrogen-bond donors (Lipinski definition) is 1. The van der Waals surface area contributed by atoms with Crippen molar-refractivity contribution in [3.8, 4) is 0 Å². The number of rotatable bonds is 3. The lowest BCUT2D eigenvalue weighted by Crippen LogP contribution is -2.14. The zero-order chi connectivity index (χ0) is 14.8. The molecule has 0 spiro atoms. The SMILES string of the molecule is Cc1ccc(CC(=O)Nc2nc3c(C)cccc3s2)cc1. The summed E-state index contributed by atoms with van der Waals surface area (Å²) in [6.45, 7) is 4.06. The van der Waals surface area contributed by atoms with Crippen molar-refractivity contribution in [3.05, 3.63) is 59.2 Å². The second-order valence-corrected chi connectivity index (χ2v) is 6.18. The van der Waals surface area contributed by atoms with Crippen LogP contribution in [-0.2, 0) is 11.2 Å². The van der Waals surface area contributed by atoms with Crippen LogP contribution in [0.5, 0.6) is 0 Å². The van der Waals surface area contributed by atoms with E-state index in [2.05, 4.69) is 10.3 Å². The molecule has 0 fully saturated rings. The van der Waals surface area contributed by atoms with Crippen LogP contribution in [0, 0.1) is 13.8 Å². The van der Waals surface area contributed by atoms with Gasteiger partial charge in [-0.05, 0) is 31.0 Å². The minimum atomic E-state index is -0.0319. The average Bonchev–Trinajstić information content (AvgIpc) is 2.85. The zero-order valence-corrected chi connectivity index (χ0v) is 12.8. The highest BCUT2D eigenvalue weighted by Gasteiger charge is 2.09. The Hall–Kier alpha value is -2.20. The number of para-hydroxylation sites is 1. The van der Waals surface area contributed by atoms with Crippen LogP contribution in [0.4, 0.5) is 5.13 Å². The largest absolute Gasteiger partial charge is 0.302 e. The number of nitrogens with zero attached hydrogens (tertiary/aromatic N) is 1. The first-order valence-electron chi connectivity index (χ1n) is 6.83. The number of aromatic nitrogens is 1. The van der Waals surface area contributed by atoms with Gasteiger partial charge in [0, 0.05) is 0 Å². The third-order valence-corrected chi connectivity index (χ3v) is 4.29. The molecule has 0 aliphatic heterocycles. The third-order valence-electron chi connectivity index (χ3n) is 3.35. The van der Waals surface area contributed by atoms with Gasteiger partial charge in [-0.3, -0.25) is 4.79 Å². The standard InChI is InChI=1S/C17H16N2OS/c1-11-6-8-13(9-7-11)10-15(20)18-17-19-16-12(2)4-3-5-14(16)21-17/h3-9H,10H2,1-2H3,(H,18,19,20). The first kappa shape index (κ1) is 13.8. The fourth-order valence-corrected chi connectivity index (χ4v) is 3.15. The summed E-state index contributed by atoms with van der Waals surface area (Å²) in [4.78, 5) is 16.6. The van der Waals surface area contributed by atoms with Gasteiger partial charge in [0.25, 0.3) is 0 Å². The second kappa shape index (κ2) is 5.66. The molecule has 4 heteroatoms. The summed E-state index contributed by atoms with van der Waals surface area (Å²) in [6, 6.07) is 14.1. The maximum absolute atomic E-state index is 12.1. The van der Waals surface area contributed by atoms with Crippen molar-refractivity contribution in [2.24, 2.45) is 0 Å². The van der Waals surface area contributed by atoms with Gasteiger partial charge >= 0.3 is 0 Å². The molecule has 2 aromatic carbocycles. The normalized spacial score (nSPS) is 10.8. The van der Waals surface area contributed by atoms with E-state index in [1.54, 1.807) is 0 Å². The number of fused-ring (bicyclic) bond motifs is 1. The number of thiazole rings is 1. The van der Waals surface area contributed by atoms with E-state index in [1.807, 2.05) is 56.3 Å². The molecule has 3 nitrogen and oxygen atoms in total. The van der Waals surface area contributed by atoms with Gasteiger partial charge in [0.1, 0.15) is 0 Å². The lowest BCUT2D eigenvalue weighted by atomic mass is 10.1. The number of aryl methyl sites for hydroxylation is 2. The molecule has 1 heterocycles. The number of anilines is 1. The van der Waals surface area contributed by atoms with Crippen LogP contribution >= 0.6 is 11.3 Å². The molecule has 3 aromatic rings. The second-order valence-electron chi connectivity index (χ2n) is 5.15. The highest BCUT2D eigenvalue weighted by molar-refractivity contribution is 7.22. The Labute approximate surface area is 127 Å². The van der Waals surface area contributed by atoms with Gasteiger partial charge in [0.2, 0.25) is 5.91 Å². The van der Waals surface area contributed by atoms with Gasteiger partial charge < -0.3 is 5.32 Å². The molecular formula is C17H16N2OS. The van der Waals surface area contributed by atoms with E-state index in [0.717, 1.165) is 21.3 Å². The molecule has 21 heavy (non-hydrogen) atoms. The predicted molar refractivity (Wildman–Crippen MR) is 87.9 cm³/mol. The Balaban J connectivity index is 1.74. The zero-order valence-electron chi connectivity index (χ0n) is 12.0. The number of benzene rings is 2. The molecule has 0 radical (unpaired) electrons. The fourth-order valence-electron chi connectivity index (χ4n) is 2.19. The molecule has 1 aromatic heterocycles. The van der Waals surface area contributed by atoms with E-state index in [1.165, 1.54) is 16.9 Å². The van der Waals surface area contributed by atoms with Crippen LogP contribution in [0.15, 0.2) is 42.5 Å². The molecule has 0 unspecified atom stereocenters. The van der Waals surface area contributed by atoms with Crippen molar-refractivity contribution in [2.75, 3.05) is 5.32 Å². The smallest absolute Gasteiger partial charge is 0.230 e. The third kappa shape index (κ3) is 3.11. The number of nitrogens with one attached hydrogen (secondary N) is 1. The first-order valence-corrected chi connectivity index (χ1v) is 7.65. The molecular weight excluding hydrogens is 280 g/mol. The molecule has 106 valence electrons. The van der Waals surface area contributed by atoms with Gasteiger partial charge in [-0.15, -0.1) is 0 Å². The first-order chi connectivity index (χ1) is 10.1. The molecule has 0 saturated carbocycles. The summed E-state index contributed by atoms with van der Waals surface area (Å²) >= 11 is 1.51. The molecule has 3 rings (SSSR count). The average molecular weight is 296 g/mol. The minimum Gasteiger partial charge on any atom is -0.302 e. The molecule has 0 bridgehead atoms. The molecule has 0 aliphatic carbocycles. The van der Waals surface area contributed by atoms with E-state index < -0.39 is 0 Å². The van der Waals surface area contributed by atoms with E-state index in [-0.39, 0.29) is 5.91 Å². The molecule has 0 atom stereocenters. The number of amides is 1. The van der Waals surface area contributed by atoms with Gasteiger partial charge in [-0.25, -0.2) is 4.98 Å². The number of carbonyl (C=O) groups is 1. The van der Waals surface area contributed by atoms with Gasteiger partial charge in [-0.2, -0.15) is 0 Å². The highest BCUT2D eigenvalue weighted by atomic mass is 32.1. The van der Waals surface area contributed by atoms with Crippen LogP contribution in [0.25, 0.3) is 10.2 Å². The maximum Gasteiger partial charge on any atom is 0.230 e. The molecule has 1 amide bonds. The lowest BCUT2D eigenvalue weighted by Gasteiger charge is -2.02. The van der Waals surface area contributed by atoms with Crippen molar-refractivity contribution in [1.29, 1.82) is 0 Å². The summed E-state index contributed by atoms with van der Waals surface area (Å²) in [5.41, 5.74) is 4.30. The van der Waals surface area contributed by atoms with Crippen LogP contribution in [-0.4, -0.2) is 10.9 Å². The van der Waals surface area contributed by atoms with E-state index in [9.17, 15) is 4.79 Å². The number of carbonyl (C=O) groups excluding carboxylic acids is 1. The summed E-state index contributed by atoms with van der Waals surface area (Å²) in [5.74, 6) is -0.0319. The maximum atomic E-state index is 12.1. The Bertz CT molecular complexity index is 790. The Morgan fingerprint density at radius 2 is 1.90 bits per heavy atom. The Morgan fingerprint density at radius 3 is 2.62 bits per heavy atom. The Morgan fingerprint density at radius 1 is 1.14 bits per heavy atom. The lowest BCUT2D eigenvalue weighted by molar-refractivity contribution is -0.115. The minimum absolute atomic E-state index is 0.0319. The van der Waals surface area contributed by atoms with E-state index >= 15 is 0 Å². The topological polar surface area (TPSA) is 42.0 Å². The quantitative estimate of drug-likeness (QED) is 0.791. The van der Waals surface area contributed by atoms with Crippen molar-refractivity contribution < 1.29 is 4.79 Å². The summed E-state index contributed by atoms with van der Waals surface area (Å²) in [6.07, 6.45) is 0.370. The van der Waals surface area contributed by atoms with Crippen molar-refractivity contribution >= 4 is 32.6 Å². The van der Waals surface area contributed by atoms with Gasteiger partial charge in [-0.1, -0.05) is 53.3 Å². The summed E-state index contributed by atoms with van der Waals surface area (Å²) in [7, 11) is 0. The summed E-state index contributed by atoms with van der Waals surface area (Å²) < 4.78 is 1.10. The predicted octanol–water partition coefficient (Wildman–Crippen LogP) is 4.09. The van der Waals surface area contributed by atoms with E-state index in [4.69, 9.17) is 0 Å². The Kier molecular flexibility index (Phi) is 3.71. The van der Waals surface area contributed by atoms with Crippen LogP contribution < -0.4 is 5.32 Å². The molecule has 1 N–H and O–H groups in total. The van der Waals surface area contributed by atoms with Crippen LogP contribution in [0.2, 0.25) is 0 Å². The highest BCUT2D eigenvalue weighted by Crippen LogP contribution is 2.27. The van der Waals surface area contributed by atoms with Gasteiger partial charge in [0.15, 0.2) is 5.13 Å². The van der Waals surface area contributed by atoms with Crippen LogP contribution in [0.1, 0.15) is 16.7 Å². The van der Waals surface area contributed by atoms with E-state index in [0.29, 0.717) is 11.6 Å². The summed E-state index contributed by atoms with van der Waals surface area (Å²) in [5, 5.41) is 3.55. The van der Waals surface area contributed by atoms with Gasteiger partial charge in [0.05, 0.1) is 16.6 Å². The van der Waals surface area contributed by atoms with Crippen molar-refractivity contribution in [3.63, 3.8) is 0 Å². The monoisotopic (exact) mass is 296 g/mol. The molecule has 0 saturated heterocycles. The van der Waals surface area contributed by atoms with Crippen molar-refractivity contribution in [1.82, 2.24) is 4.98 Å². The fraction of sp³-hybridized carbons (Fsp3) is 0.176. The molecule has 0 aliphatic rings. The van der Waals surface area contributed by atoms with Crippen molar-refractivity contribution in [2.45, 2.75) is 20.3 Å². The van der Waals surface area contributed by atoms with Crippen LogP contribution in [0.3, 0.4) is 0 Å².